The summed E-state index contributed by atoms with van der Waals surface area (Å²) in [5, 5.41) is 25.1. The Balaban J connectivity index is 2.50. The van der Waals surface area contributed by atoms with Crippen molar-refractivity contribution in [1.82, 2.24) is 9.90 Å². The molecule has 0 bridgehead atoms. The van der Waals surface area contributed by atoms with Crippen LogP contribution in [0.1, 0.15) is 5.56 Å². The van der Waals surface area contributed by atoms with Gasteiger partial charge < -0.3 is 15.3 Å². The van der Waals surface area contributed by atoms with Gasteiger partial charge in [0, 0.05) is 0 Å². The Labute approximate surface area is 103 Å². The van der Waals surface area contributed by atoms with Gasteiger partial charge in [0.1, 0.15) is 10.8 Å². The van der Waals surface area contributed by atoms with Crippen LogP contribution in [0.3, 0.4) is 0 Å². The Hall–Kier alpha value is -2.65. The first-order valence-electron chi connectivity index (χ1n) is 4.80. The molecule has 0 radical (unpaired) electrons. The van der Waals surface area contributed by atoms with Gasteiger partial charge in [-0.3, -0.25) is 0 Å². The van der Waals surface area contributed by atoms with Crippen LogP contribution in [-0.4, -0.2) is 14.8 Å². The van der Waals surface area contributed by atoms with Gasteiger partial charge >= 0.3 is 12.0 Å². The molecule has 0 saturated carbocycles. The molecular weight excluding hydrogens is 269 g/mol. The Morgan fingerprint density at radius 2 is 2.05 bits per heavy atom. The van der Waals surface area contributed by atoms with E-state index >= 15 is 0 Å². The second-order valence-electron chi connectivity index (χ2n) is 3.48. The maximum absolute atomic E-state index is 12.5. The molecule has 100 valence electrons. The fourth-order valence-electron chi connectivity index (χ4n) is 1.38. The zero-order chi connectivity index (χ0) is 14.2. The second-order valence-corrected chi connectivity index (χ2v) is 3.48. The Morgan fingerprint density at radius 1 is 1.37 bits per heavy atom. The van der Waals surface area contributed by atoms with Crippen molar-refractivity contribution in [3.8, 4) is 5.69 Å². The molecule has 0 fully saturated rings. The minimum Gasteiger partial charge on any atom is -0.692 e. The third kappa shape index (κ3) is 2.46. The van der Waals surface area contributed by atoms with Gasteiger partial charge in [0.15, 0.2) is 0 Å². The van der Waals surface area contributed by atoms with Crippen molar-refractivity contribution in [2.75, 3.05) is 0 Å². The molecule has 1 heterocycles. The summed E-state index contributed by atoms with van der Waals surface area (Å²) in [6.07, 6.45) is -4.02. The summed E-state index contributed by atoms with van der Waals surface area (Å²) in [5.41, 5.74) is -1.21. The molecule has 0 N–H and O–H groups in total. The van der Waals surface area contributed by atoms with Crippen LogP contribution in [0.15, 0.2) is 30.5 Å². The summed E-state index contributed by atoms with van der Waals surface area (Å²) >= 11 is 0. The number of halogens is 3. The predicted molar refractivity (Wildman–Crippen MR) is 54.2 cm³/mol. The molecule has 0 aliphatic heterocycles. The van der Waals surface area contributed by atoms with E-state index < -0.39 is 22.5 Å². The van der Waals surface area contributed by atoms with E-state index in [4.69, 9.17) is 0 Å². The zero-order valence-corrected chi connectivity index (χ0v) is 9.03. The monoisotopic (exact) mass is 274 g/mol. The van der Waals surface area contributed by atoms with Crippen molar-refractivity contribution in [1.29, 1.82) is 0 Å². The molecule has 1 aromatic carbocycles. The minimum absolute atomic E-state index is 0.0202. The highest BCUT2D eigenvalue weighted by Gasteiger charge is 2.31. The first-order chi connectivity index (χ1) is 8.79. The topological polar surface area (TPSA) is 87.9 Å². The highest BCUT2D eigenvalue weighted by Crippen LogP contribution is 2.30. The summed E-state index contributed by atoms with van der Waals surface area (Å²) in [5.74, 6) is -0.757. The zero-order valence-electron chi connectivity index (χ0n) is 9.03. The highest BCUT2D eigenvalue weighted by molar-refractivity contribution is 5.35. The van der Waals surface area contributed by atoms with E-state index in [9.17, 15) is 28.5 Å². The first kappa shape index (κ1) is 12.8. The lowest BCUT2D eigenvalue weighted by Gasteiger charge is -2.07. The van der Waals surface area contributed by atoms with Gasteiger partial charge in [0.25, 0.3) is 0 Å². The molecule has 1 aromatic heterocycles. The number of hydrogen-bond acceptors (Lipinski definition) is 4. The molecule has 0 saturated heterocycles. The van der Waals surface area contributed by atoms with E-state index in [0.717, 1.165) is 12.1 Å². The van der Waals surface area contributed by atoms with Crippen LogP contribution >= 0.6 is 0 Å². The average molecular weight is 274 g/mol. The molecule has 0 aliphatic carbocycles. The smallest absolute Gasteiger partial charge is 0.434 e. The van der Waals surface area contributed by atoms with Crippen molar-refractivity contribution in [3.63, 3.8) is 0 Å². The molecule has 2 rings (SSSR count). The Morgan fingerprint density at radius 3 is 2.58 bits per heavy atom. The molecular formula is C9H5F3N4O3. The van der Waals surface area contributed by atoms with E-state index in [0.29, 0.717) is 17.1 Å². The molecule has 0 aliphatic rings. The quantitative estimate of drug-likeness (QED) is 0.358. The van der Waals surface area contributed by atoms with E-state index in [1.165, 1.54) is 6.07 Å². The molecule has 7 nitrogen and oxygen atoms in total. The van der Waals surface area contributed by atoms with Crippen LogP contribution in [0.2, 0.25) is 0 Å². The third-order valence-electron chi connectivity index (χ3n) is 2.20. The fourth-order valence-corrected chi connectivity index (χ4v) is 1.38. The van der Waals surface area contributed by atoms with Crippen LogP contribution in [0.4, 0.5) is 19.0 Å². The largest absolute Gasteiger partial charge is 0.692 e. The lowest BCUT2D eigenvalue weighted by molar-refractivity contribution is -0.689. The molecule has 0 unspecified atom stereocenters. The predicted octanol–water partition coefficient (Wildman–Crippen LogP) is 1.43. The Bertz CT molecular complexity index is 638. The molecule has 0 spiro atoms. The van der Waals surface area contributed by atoms with E-state index in [1.54, 1.807) is 0 Å². The number of benzene rings is 1. The maximum Gasteiger partial charge on any atom is 0.434 e. The lowest BCUT2D eigenvalue weighted by atomic mass is 10.2. The van der Waals surface area contributed by atoms with Gasteiger partial charge in [-0.15, -0.1) is 4.85 Å². The van der Waals surface area contributed by atoms with Crippen molar-refractivity contribution >= 4 is 5.82 Å². The fraction of sp³-hybridized carbons (Fsp3) is 0.111. The first-order valence-corrected chi connectivity index (χ1v) is 4.80. The standard InChI is InChI=1S/C9H5F3N4O3/c10-9(11,12)6-2-1-3-7(4-6)15-13-8(16(18)19)5-14(15)17/h1-5H. The van der Waals surface area contributed by atoms with Crippen LogP contribution < -0.4 is 4.85 Å². The molecule has 0 atom stereocenters. The number of nitrogens with zero attached hydrogens (tertiary/aromatic N) is 4. The van der Waals surface area contributed by atoms with Gasteiger partial charge in [-0.2, -0.15) is 13.2 Å². The number of alkyl halides is 3. The van der Waals surface area contributed by atoms with Crippen molar-refractivity contribution in [2.45, 2.75) is 6.18 Å². The van der Waals surface area contributed by atoms with Gasteiger partial charge in [-0.1, -0.05) is 6.07 Å². The summed E-state index contributed by atoms with van der Waals surface area (Å²) in [6.45, 7) is 0. The highest BCUT2D eigenvalue weighted by atomic mass is 19.4. The number of nitro groups is 1. The lowest BCUT2D eigenvalue weighted by Crippen LogP contribution is -2.36. The average Bonchev–Trinajstić information content (AvgIpc) is 2.71. The second kappa shape index (κ2) is 4.23. The Kier molecular flexibility index (Phi) is 2.85. The van der Waals surface area contributed by atoms with Crippen molar-refractivity contribution in [3.05, 3.63) is 51.3 Å². The minimum atomic E-state index is -4.58. The number of hydrogen-bond donors (Lipinski definition) is 0. The van der Waals surface area contributed by atoms with Crippen LogP contribution in [0, 0.1) is 15.3 Å². The van der Waals surface area contributed by atoms with Crippen LogP contribution in [-0.2, 0) is 6.18 Å². The van der Waals surface area contributed by atoms with Gasteiger partial charge in [0.05, 0.1) is 5.56 Å². The normalized spacial score (nSPS) is 11.5. The number of aromatic nitrogens is 3. The summed E-state index contributed by atoms with van der Waals surface area (Å²) in [6, 6.07) is 3.74. The van der Waals surface area contributed by atoms with Crippen LogP contribution in [0.25, 0.3) is 5.69 Å². The van der Waals surface area contributed by atoms with E-state index in [-0.39, 0.29) is 10.5 Å². The summed E-state index contributed by atoms with van der Waals surface area (Å²) in [4.78, 5) is 9.95. The SMILES string of the molecule is O=[N+]([O-])c1c[n+]([O-])n(-c2cccc(C(F)(F)F)c2)n1. The van der Waals surface area contributed by atoms with Crippen molar-refractivity contribution in [2.24, 2.45) is 0 Å². The molecule has 19 heavy (non-hydrogen) atoms. The summed E-state index contributed by atoms with van der Waals surface area (Å²) in [7, 11) is 0. The summed E-state index contributed by atoms with van der Waals surface area (Å²) < 4.78 is 37.5. The third-order valence-corrected chi connectivity index (χ3v) is 2.20. The van der Waals surface area contributed by atoms with E-state index in [1.807, 2.05) is 0 Å². The molecule has 0 amide bonds. The number of rotatable bonds is 2. The van der Waals surface area contributed by atoms with Gasteiger partial charge in [-0.05, 0) is 27.9 Å². The molecule has 2 aromatic rings. The molecule has 10 heteroatoms. The van der Waals surface area contributed by atoms with E-state index in [2.05, 4.69) is 5.10 Å². The van der Waals surface area contributed by atoms with Gasteiger partial charge in [0.2, 0.25) is 6.20 Å². The van der Waals surface area contributed by atoms with Crippen LogP contribution in [0.5, 0.6) is 0 Å². The van der Waals surface area contributed by atoms with Crippen molar-refractivity contribution < 1.29 is 22.9 Å². The maximum atomic E-state index is 12.5. The van der Waals surface area contributed by atoms with Gasteiger partial charge in [-0.25, -0.2) is 0 Å².